The lowest BCUT2D eigenvalue weighted by Crippen LogP contribution is -2.49. The number of rotatable bonds is 5. The van der Waals surface area contributed by atoms with Crippen molar-refractivity contribution in [3.05, 3.63) is 60.0 Å². The zero-order valence-electron chi connectivity index (χ0n) is 17.8. The van der Waals surface area contributed by atoms with Gasteiger partial charge in [0, 0.05) is 57.4 Å². The molecule has 31 heavy (non-hydrogen) atoms. The number of hydrogen-bond donors (Lipinski definition) is 0. The fraction of sp³-hybridized carbons (Fsp3) is 0.458. The first-order chi connectivity index (χ1) is 15.1. The number of carbonyl (C=O) groups excluding carboxylic acids is 2. The number of carbonyl (C=O) groups is 2. The number of aromatic nitrogens is 1. The van der Waals surface area contributed by atoms with Gasteiger partial charge in [0.2, 0.25) is 5.91 Å². The quantitative estimate of drug-likeness (QED) is 0.740. The first-order valence-corrected chi connectivity index (χ1v) is 11.1. The molecule has 0 bridgehead atoms. The Morgan fingerprint density at radius 2 is 1.84 bits per heavy atom. The Kier molecular flexibility index (Phi) is 6.79. The Morgan fingerprint density at radius 1 is 1.00 bits per heavy atom. The van der Waals surface area contributed by atoms with Gasteiger partial charge < -0.3 is 14.7 Å². The Morgan fingerprint density at radius 3 is 2.58 bits per heavy atom. The Bertz CT molecular complexity index is 899. The lowest BCUT2D eigenvalue weighted by molar-refractivity contribution is -0.131. The second kappa shape index (κ2) is 9.90. The van der Waals surface area contributed by atoms with Crippen molar-refractivity contribution in [1.82, 2.24) is 14.8 Å². The molecule has 7 heteroatoms. The van der Waals surface area contributed by atoms with Crippen LogP contribution in [-0.4, -0.2) is 65.9 Å². The maximum absolute atomic E-state index is 13.5. The van der Waals surface area contributed by atoms with E-state index in [4.69, 9.17) is 0 Å². The number of hydrogen-bond acceptors (Lipinski definition) is 4. The molecule has 2 saturated heterocycles. The molecule has 2 aliphatic heterocycles. The van der Waals surface area contributed by atoms with Gasteiger partial charge in [-0.3, -0.25) is 9.59 Å². The van der Waals surface area contributed by atoms with Gasteiger partial charge in [0.25, 0.3) is 5.91 Å². The van der Waals surface area contributed by atoms with Gasteiger partial charge in [0.1, 0.15) is 11.6 Å². The van der Waals surface area contributed by atoms with Crippen molar-refractivity contribution in [2.75, 3.05) is 44.2 Å². The van der Waals surface area contributed by atoms with Crippen molar-refractivity contribution in [1.29, 1.82) is 0 Å². The van der Waals surface area contributed by atoms with Crippen LogP contribution in [0.3, 0.4) is 0 Å². The van der Waals surface area contributed by atoms with Crippen LogP contribution in [0.1, 0.15) is 36.0 Å². The summed E-state index contributed by atoms with van der Waals surface area (Å²) < 4.78 is 13.5. The van der Waals surface area contributed by atoms with Crippen molar-refractivity contribution in [2.24, 2.45) is 5.92 Å². The molecular weight excluding hydrogens is 395 g/mol. The molecule has 2 fully saturated rings. The molecule has 3 heterocycles. The van der Waals surface area contributed by atoms with Crippen LogP contribution < -0.4 is 4.90 Å². The molecule has 0 spiro atoms. The molecule has 0 aliphatic carbocycles. The van der Waals surface area contributed by atoms with E-state index < -0.39 is 5.82 Å². The molecule has 0 saturated carbocycles. The lowest BCUT2D eigenvalue weighted by atomic mass is 9.92. The summed E-state index contributed by atoms with van der Waals surface area (Å²) in [4.78, 5) is 35.8. The van der Waals surface area contributed by atoms with Gasteiger partial charge in [-0.05, 0) is 55.5 Å². The Hall–Kier alpha value is -2.96. The minimum Gasteiger partial charge on any atom is -0.353 e. The van der Waals surface area contributed by atoms with Crippen molar-refractivity contribution in [2.45, 2.75) is 25.7 Å². The molecule has 0 N–H and O–H groups in total. The van der Waals surface area contributed by atoms with Gasteiger partial charge in [-0.2, -0.15) is 0 Å². The summed E-state index contributed by atoms with van der Waals surface area (Å²) in [6, 6.07) is 11.7. The van der Waals surface area contributed by atoms with E-state index in [1.54, 1.807) is 23.2 Å². The van der Waals surface area contributed by atoms with Crippen LogP contribution in [0.5, 0.6) is 0 Å². The largest absolute Gasteiger partial charge is 0.353 e. The van der Waals surface area contributed by atoms with Crippen LogP contribution in [0, 0.1) is 11.7 Å². The van der Waals surface area contributed by atoms with E-state index in [-0.39, 0.29) is 11.8 Å². The number of halogens is 1. The summed E-state index contributed by atoms with van der Waals surface area (Å²) in [6.45, 7) is 4.34. The van der Waals surface area contributed by atoms with E-state index in [1.807, 2.05) is 23.1 Å². The van der Waals surface area contributed by atoms with Gasteiger partial charge in [-0.25, -0.2) is 9.37 Å². The smallest absolute Gasteiger partial charge is 0.253 e. The number of likely N-dealkylation sites (tertiary alicyclic amines) is 1. The summed E-state index contributed by atoms with van der Waals surface area (Å²) in [7, 11) is 0. The van der Waals surface area contributed by atoms with E-state index in [0.717, 1.165) is 38.2 Å². The van der Waals surface area contributed by atoms with E-state index in [1.165, 1.54) is 12.1 Å². The molecule has 2 aromatic rings. The van der Waals surface area contributed by atoms with Crippen LogP contribution in [0.4, 0.5) is 10.2 Å². The summed E-state index contributed by atoms with van der Waals surface area (Å²) >= 11 is 0. The highest BCUT2D eigenvalue weighted by Gasteiger charge is 2.27. The highest BCUT2D eigenvalue weighted by atomic mass is 19.1. The molecule has 0 radical (unpaired) electrons. The molecule has 6 nitrogen and oxygen atoms in total. The molecule has 1 aromatic carbocycles. The van der Waals surface area contributed by atoms with Gasteiger partial charge in [0.05, 0.1) is 0 Å². The van der Waals surface area contributed by atoms with Gasteiger partial charge in [-0.15, -0.1) is 0 Å². The molecule has 1 aromatic heterocycles. The summed E-state index contributed by atoms with van der Waals surface area (Å²) in [5.74, 6) is 0.938. The minimum absolute atomic E-state index is 0.124. The zero-order valence-corrected chi connectivity index (χ0v) is 17.8. The molecule has 4 rings (SSSR count). The van der Waals surface area contributed by atoms with E-state index in [2.05, 4.69) is 9.88 Å². The topological polar surface area (TPSA) is 56.8 Å². The minimum atomic E-state index is -0.395. The maximum atomic E-state index is 13.5. The lowest BCUT2D eigenvalue weighted by Gasteiger charge is -2.36. The zero-order chi connectivity index (χ0) is 21.6. The normalized spacial score (nSPS) is 19.4. The van der Waals surface area contributed by atoms with Crippen LogP contribution in [0.2, 0.25) is 0 Å². The predicted octanol–water partition coefficient (Wildman–Crippen LogP) is 3.20. The third-order valence-corrected chi connectivity index (χ3v) is 6.25. The van der Waals surface area contributed by atoms with Crippen molar-refractivity contribution < 1.29 is 14.0 Å². The van der Waals surface area contributed by atoms with Gasteiger partial charge in [-0.1, -0.05) is 12.1 Å². The first-order valence-electron chi connectivity index (χ1n) is 11.1. The monoisotopic (exact) mass is 424 g/mol. The van der Waals surface area contributed by atoms with Crippen LogP contribution in [-0.2, 0) is 4.79 Å². The fourth-order valence-electron chi connectivity index (χ4n) is 4.50. The summed E-state index contributed by atoms with van der Waals surface area (Å²) in [5, 5.41) is 0. The number of piperidine rings is 1. The number of amides is 2. The van der Waals surface area contributed by atoms with Crippen LogP contribution in [0.15, 0.2) is 48.7 Å². The van der Waals surface area contributed by atoms with Crippen molar-refractivity contribution in [3.63, 3.8) is 0 Å². The average Bonchev–Trinajstić information content (AvgIpc) is 2.83. The number of nitrogens with zero attached hydrogens (tertiary/aromatic N) is 4. The highest BCUT2D eigenvalue weighted by Crippen LogP contribution is 2.23. The van der Waals surface area contributed by atoms with E-state index >= 15 is 0 Å². The van der Waals surface area contributed by atoms with Gasteiger partial charge >= 0.3 is 0 Å². The third kappa shape index (κ3) is 5.40. The molecule has 2 amide bonds. The number of piperazine rings is 1. The maximum Gasteiger partial charge on any atom is 0.253 e. The van der Waals surface area contributed by atoms with Crippen LogP contribution in [0.25, 0.3) is 0 Å². The summed E-state index contributed by atoms with van der Waals surface area (Å²) in [5.41, 5.74) is 0.391. The SMILES string of the molecule is O=C(CC[C@@H]1CCCN(C(=O)c2cccc(F)c2)C1)N1CCN(c2ccccn2)CC1. The third-order valence-electron chi connectivity index (χ3n) is 6.25. The predicted molar refractivity (Wildman–Crippen MR) is 117 cm³/mol. The Labute approximate surface area is 182 Å². The van der Waals surface area contributed by atoms with E-state index in [0.29, 0.717) is 44.1 Å². The van der Waals surface area contributed by atoms with Gasteiger partial charge in [0.15, 0.2) is 0 Å². The first kappa shape index (κ1) is 21.3. The molecule has 0 unspecified atom stereocenters. The van der Waals surface area contributed by atoms with Crippen LogP contribution >= 0.6 is 0 Å². The second-order valence-electron chi connectivity index (χ2n) is 8.36. The standard InChI is InChI=1S/C24H29FN4O2/c25-21-7-3-6-20(17-21)24(31)29-12-4-5-19(18-29)9-10-23(30)28-15-13-27(14-16-28)22-8-1-2-11-26-22/h1-3,6-8,11,17,19H,4-5,9-10,12-16,18H2/t19-/m0/s1. The van der Waals surface area contributed by atoms with Crippen molar-refractivity contribution in [3.8, 4) is 0 Å². The molecule has 164 valence electrons. The van der Waals surface area contributed by atoms with E-state index in [9.17, 15) is 14.0 Å². The summed E-state index contributed by atoms with van der Waals surface area (Å²) in [6.07, 6.45) is 5.03. The highest BCUT2D eigenvalue weighted by molar-refractivity contribution is 5.94. The number of anilines is 1. The fourth-order valence-corrected chi connectivity index (χ4v) is 4.50. The number of benzene rings is 1. The molecule has 2 aliphatic rings. The number of pyridine rings is 1. The average molecular weight is 425 g/mol. The molecule has 1 atom stereocenters. The second-order valence-corrected chi connectivity index (χ2v) is 8.36. The molecular formula is C24H29FN4O2. The Balaban J connectivity index is 1.23. The van der Waals surface area contributed by atoms with Crippen molar-refractivity contribution >= 4 is 17.6 Å².